The Hall–Kier alpha value is -1.59. The van der Waals surface area contributed by atoms with Gasteiger partial charge >= 0.3 is 0 Å². The molecule has 1 aromatic rings. The number of aryl methyl sites for hydroxylation is 1. The van der Waals surface area contributed by atoms with Crippen LogP contribution in [-0.2, 0) is 9.47 Å². The van der Waals surface area contributed by atoms with Gasteiger partial charge in [-0.1, -0.05) is 0 Å². The van der Waals surface area contributed by atoms with E-state index in [1.807, 2.05) is 32.0 Å². The van der Waals surface area contributed by atoms with Gasteiger partial charge in [-0.2, -0.15) is 0 Å². The Morgan fingerprint density at radius 1 is 1.40 bits per heavy atom. The molecular weight excluding hydrogens is 256 g/mol. The maximum atomic E-state index is 12.1. The first-order chi connectivity index (χ1) is 9.70. The van der Waals surface area contributed by atoms with Crippen LogP contribution in [0.25, 0.3) is 0 Å². The fourth-order valence-electron chi connectivity index (χ4n) is 2.16. The van der Waals surface area contributed by atoms with Crippen molar-refractivity contribution in [1.29, 1.82) is 0 Å². The van der Waals surface area contributed by atoms with Gasteiger partial charge in [0.2, 0.25) is 0 Å². The van der Waals surface area contributed by atoms with E-state index < -0.39 is 0 Å². The lowest BCUT2D eigenvalue weighted by Gasteiger charge is -2.23. The fourth-order valence-corrected chi connectivity index (χ4v) is 2.16. The predicted molar refractivity (Wildman–Crippen MR) is 78.2 cm³/mol. The van der Waals surface area contributed by atoms with Crippen molar-refractivity contribution in [2.45, 2.75) is 20.0 Å². The molecule has 1 atom stereocenters. The van der Waals surface area contributed by atoms with E-state index in [0.29, 0.717) is 31.9 Å². The summed E-state index contributed by atoms with van der Waals surface area (Å²) < 4.78 is 10.8. The zero-order valence-electron chi connectivity index (χ0n) is 12.1. The SMILES string of the molecule is CCNc1ccc(C(=O)NCC2COCCO2)cc1C. The van der Waals surface area contributed by atoms with E-state index in [-0.39, 0.29) is 12.0 Å². The highest BCUT2D eigenvalue weighted by molar-refractivity contribution is 5.94. The molecule has 1 fully saturated rings. The van der Waals surface area contributed by atoms with E-state index >= 15 is 0 Å². The largest absolute Gasteiger partial charge is 0.385 e. The van der Waals surface area contributed by atoms with E-state index in [2.05, 4.69) is 10.6 Å². The van der Waals surface area contributed by atoms with Crippen LogP contribution in [0.2, 0.25) is 0 Å². The molecule has 1 heterocycles. The van der Waals surface area contributed by atoms with Crippen LogP contribution in [0.15, 0.2) is 18.2 Å². The van der Waals surface area contributed by atoms with Gasteiger partial charge in [0.15, 0.2) is 0 Å². The van der Waals surface area contributed by atoms with Gasteiger partial charge in [0.05, 0.1) is 25.9 Å². The highest BCUT2D eigenvalue weighted by Gasteiger charge is 2.16. The average Bonchev–Trinajstić information content (AvgIpc) is 2.48. The van der Waals surface area contributed by atoms with Crippen LogP contribution >= 0.6 is 0 Å². The van der Waals surface area contributed by atoms with Crippen LogP contribution in [0.3, 0.4) is 0 Å². The summed E-state index contributed by atoms with van der Waals surface area (Å²) in [6.45, 7) is 7.16. The minimum atomic E-state index is -0.0784. The lowest BCUT2D eigenvalue weighted by molar-refractivity contribution is -0.0855. The number of carbonyl (C=O) groups excluding carboxylic acids is 1. The monoisotopic (exact) mass is 278 g/mol. The zero-order valence-corrected chi connectivity index (χ0v) is 12.1. The van der Waals surface area contributed by atoms with Gasteiger partial charge in [-0.05, 0) is 37.6 Å². The number of hydrogen-bond donors (Lipinski definition) is 2. The summed E-state index contributed by atoms with van der Waals surface area (Å²) in [7, 11) is 0. The molecule has 1 aliphatic heterocycles. The number of benzene rings is 1. The molecule has 2 rings (SSSR count). The topological polar surface area (TPSA) is 59.6 Å². The van der Waals surface area contributed by atoms with Crippen molar-refractivity contribution in [3.8, 4) is 0 Å². The van der Waals surface area contributed by atoms with E-state index in [0.717, 1.165) is 17.8 Å². The zero-order chi connectivity index (χ0) is 14.4. The van der Waals surface area contributed by atoms with E-state index in [9.17, 15) is 4.79 Å². The molecule has 0 radical (unpaired) electrons. The lowest BCUT2D eigenvalue weighted by Crippen LogP contribution is -2.39. The first-order valence-corrected chi connectivity index (χ1v) is 7.02. The smallest absolute Gasteiger partial charge is 0.251 e. The maximum Gasteiger partial charge on any atom is 0.251 e. The Bertz CT molecular complexity index is 456. The van der Waals surface area contributed by atoms with Gasteiger partial charge < -0.3 is 20.1 Å². The van der Waals surface area contributed by atoms with Gasteiger partial charge in [0, 0.05) is 24.3 Å². The highest BCUT2D eigenvalue weighted by atomic mass is 16.6. The van der Waals surface area contributed by atoms with Crippen molar-refractivity contribution in [1.82, 2.24) is 5.32 Å². The molecule has 0 saturated carbocycles. The third-order valence-electron chi connectivity index (χ3n) is 3.23. The summed E-state index contributed by atoms with van der Waals surface area (Å²) in [5.74, 6) is -0.0784. The van der Waals surface area contributed by atoms with Crippen LogP contribution in [-0.4, -0.2) is 44.9 Å². The first-order valence-electron chi connectivity index (χ1n) is 7.02. The minimum absolute atomic E-state index is 0.0465. The molecular formula is C15H22N2O3. The number of amides is 1. The first kappa shape index (κ1) is 14.8. The quantitative estimate of drug-likeness (QED) is 0.858. The van der Waals surface area contributed by atoms with Gasteiger partial charge in [0.25, 0.3) is 5.91 Å². The summed E-state index contributed by atoms with van der Waals surface area (Å²) in [4.78, 5) is 12.1. The van der Waals surface area contributed by atoms with Crippen LogP contribution in [0.1, 0.15) is 22.8 Å². The minimum Gasteiger partial charge on any atom is -0.385 e. The van der Waals surface area contributed by atoms with Crippen molar-refractivity contribution in [3.05, 3.63) is 29.3 Å². The fraction of sp³-hybridized carbons (Fsp3) is 0.533. The number of ether oxygens (including phenoxy) is 2. The van der Waals surface area contributed by atoms with Crippen molar-refractivity contribution in [2.75, 3.05) is 38.2 Å². The molecule has 1 aromatic carbocycles. The number of anilines is 1. The van der Waals surface area contributed by atoms with Crippen molar-refractivity contribution >= 4 is 11.6 Å². The molecule has 1 unspecified atom stereocenters. The molecule has 20 heavy (non-hydrogen) atoms. The Morgan fingerprint density at radius 3 is 2.90 bits per heavy atom. The predicted octanol–water partition coefficient (Wildman–Crippen LogP) is 1.57. The summed E-state index contributed by atoms with van der Waals surface area (Å²) in [6.07, 6.45) is -0.0465. The molecule has 0 bridgehead atoms. The molecule has 5 nitrogen and oxygen atoms in total. The number of nitrogens with one attached hydrogen (secondary N) is 2. The van der Waals surface area contributed by atoms with Crippen LogP contribution in [0, 0.1) is 6.92 Å². The molecule has 2 N–H and O–H groups in total. The third kappa shape index (κ3) is 3.95. The second kappa shape index (κ2) is 7.26. The summed E-state index contributed by atoms with van der Waals surface area (Å²) in [6, 6.07) is 5.66. The molecule has 1 saturated heterocycles. The van der Waals surface area contributed by atoms with E-state index in [1.165, 1.54) is 0 Å². The third-order valence-corrected chi connectivity index (χ3v) is 3.23. The highest BCUT2D eigenvalue weighted by Crippen LogP contribution is 2.16. The normalized spacial score (nSPS) is 18.6. The summed E-state index contributed by atoms with van der Waals surface area (Å²) in [5, 5.41) is 6.14. The maximum absolute atomic E-state index is 12.1. The number of hydrogen-bond acceptors (Lipinski definition) is 4. The summed E-state index contributed by atoms with van der Waals surface area (Å²) >= 11 is 0. The molecule has 110 valence electrons. The van der Waals surface area contributed by atoms with Crippen LogP contribution < -0.4 is 10.6 Å². The molecule has 1 aliphatic rings. The van der Waals surface area contributed by atoms with Gasteiger partial charge in [-0.15, -0.1) is 0 Å². The summed E-state index contributed by atoms with van der Waals surface area (Å²) in [5.41, 5.74) is 2.80. The van der Waals surface area contributed by atoms with Crippen LogP contribution in [0.4, 0.5) is 5.69 Å². The molecule has 0 spiro atoms. The second-order valence-electron chi connectivity index (χ2n) is 4.84. The van der Waals surface area contributed by atoms with Crippen molar-refractivity contribution in [3.63, 3.8) is 0 Å². The van der Waals surface area contributed by atoms with Gasteiger partial charge in [-0.3, -0.25) is 4.79 Å². The van der Waals surface area contributed by atoms with E-state index in [1.54, 1.807) is 0 Å². The number of carbonyl (C=O) groups is 1. The lowest BCUT2D eigenvalue weighted by atomic mass is 10.1. The Kier molecular flexibility index (Phi) is 5.38. The second-order valence-corrected chi connectivity index (χ2v) is 4.84. The Morgan fingerprint density at radius 2 is 2.25 bits per heavy atom. The Labute approximate surface area is 119 Å². The number of rotatable bonds is 5. The standard InChI is InChI=1S/C15H22N2O3/c1-3-16-14-5-4-12(8-11(14)2)15(18)17-9-13-10-19-6-7-20-13/h4-5,8,13,16H,3,6-7,9-10H2,1-2H3,(H,17,18). The molecule has 5 heteroatoms. The van der Waals surface area contributed by atoms with Crippen molar-refractivity contribution in [2.24, 2.45) is 0 Å². The average molecular weight is 278 g/mol. The van der Waals surface area contributed by atoms with Crippen molar-refractivity contribution < 1.29 is 14.3 Å². The Balaban J connectivity index is 1.89. The van der Waals surface area contributed by atoms with Crippen LogP contribution in [0.5, 0.6) is 0 Å². The van der Waals surface area contributed by atoms with Gasteiger partial charge in [0.1, 0.15) is 0 Å². The van der Waals surface area contributed by atoms with E-state index in [4.69, 9.17) is 9.47 Å². The molecule has 0 aliphatic carbocycles. The molecule has 1 amide bonds. The van der Waals surface area contributed by atoms with Gasteiger partial charge in [-0.25, -0.2) is 0 Å². The molecule has 0 aromatic heterocycles.